The number of thioether (sulfide) groups is 1. The molecule has 1 aromatic carbocycles. The van der Waals surface area contributed by atoms with Crippen molar-refractivity contribution in [1.82, 2.24) is 9.55 Å². The van der Waals surface area contributed by atoms with E-state index in [-0.39, 0.29) is 4.75 Å². The number of nitrogens with zero attached hydrogens (tertiary/aromatic N) is 2. The van der Waals surface area contributed by atoms with E-state index in [0.29, 0.717) is 6.54 Å². The fourth-order valence-corrected chi connectivity index (χ4v) is 4.14. The Kier molecular flexibility index (Phi) is 2.87. The molecule has 1 unspecified atom stereocenters. The second kappa shape index (κ2) is 4.28. The van der Waals surface area contributed by atoms with Crippen LogP contribution in [0.3, 0.4) is 0 Å². The van der Waals surface area contributed by atoms with Gasteiger partial charge >= 0.3 is 0 Å². The number of hydrogen-bond donors (Lipinski definition) is 1. The van der Waals surface area contributed by atoms with E-state index in [1.54, 1.807) is 0 Å². The smallest absolute Gasteiger partial charge is 0.125 e. The minimum Gasteiger partial charge on any atom is -0.330 e. The Morgan fingerprint density at radius 2 is 2.33 bits per heavy atom. The Balaban J connectivity index is 2.16. The van der Waals surface area contributed by atoms with E-state index in [1.165, 1.54) is 29.9 Å². The van der Waals surface area contributed by atoms with E-state index in [0.717, 1.165) is 11.1 Å². The third-order valence-corrected chi connectivity index (χ3v) is 5.39. The minimum absolute atomic E-state index is 0.177. The van der Waals surface area contributed by atoms with Gasteiger partial charge in [0.25, 0.3) is 0 Å². The number of aryl methyl sites for hydroxylation is 1. The maximum absolute atomic E-state index is 5.70. The van der Waals surface area contributed by atoms with Crippen LogP contribution in [-0.4, -0.2) is 15.3 Å². The zero-order valence-electron chi connectivity index (χ0n) is 10.9. The zero-order chi connectivity index (χ0) is 12.8. The van der Waals surface area contributed by atoms with Crippen LogP contribution in [0.15, 0.2) is 18.2 Å². The van der Waals surface area contributed by atoms with Gasteiger partial charge in [0.05, 0.1) is 15.8 Å². The molecule has 0 amide bonds. The monoisotopic (exact) mass is 261 g/mol. The van der Waals surface area contributed by atoms with Gasteiger partial charge in [-0.25, -0.2) is 4.98 Å². The lowest BCUT2D eigenvalue weighted by Crippen LogP contribution is -2.18. The summed E-state index contributed by atoms with van der Waals surface area (Å²) in [6.07, 6.45) is 2.51. The first-order valence-corrected chi connectivity index (χ1v) is 7.42. The van der Waals surface area contributed by atoms with Gasteiger partial charge in [-0.2, -0.15) is 0 Å². The molecule has 1 aromatic heterocycles. The van der Waals surface area contributed by atoms with Crippen LogP contribution in [0.25, 0.3) is 11.0 Å². The molecular weight excluding hydrogens is 242 g/mol. The maximum atomic E-state index is 5.70. The minimum atomic E-state index is 0.177. The number of rotatable bonds is 2. The number of hydrogen-bond acceptors (Lipinski definition) is 3. The van der Waals surface area contributed by atoms with Gasteiger partial charge in [0.1, 0.15) is 5.82 Å². The summed E-state index contributed by atoms with van der Waals surface area (Å²) in [5.41, 5.74) is 9.12. The predicted octanol–water partition coefficient (Wildman–Crippen LogP) is 2.77. The molecule has 1 saturated heterocycles. The summed E-state index contributed by atoms with van der Waals surface area (Å²) in [5.74, 6) is 2.45. The predicted molar refractivity (Wildman–Crippen MR) is 77.6 cm³/mol. The summed E-state index contributed by atoms with van der Waals surface area (Å²) in [5, 5.41) is 0. The van der Waals surface area contributed by atoms with E-state index in [2.05, 4.69) is 36.7 Å². The third kappa shape index (κ3) is 1.75. The first kappa shape index (κ1) is 12.1. The van der Waals surface area contributed by atoms with Gasteiger partial charge in [0, 0.05) is 13.6 Å². The highest BCUT2D eigenvalue weighted by molar-refractivity contribution is 8.00. The number of fused-ring (bicyclic) bond motifs is 1. The SMILES string of the molecule is Cn1c(C2(C)CCCS2)nc2cc(CN)ccc21. The van der Waals surface area contributed by atoms with E-state index in [9.17, 15) is 0 Å². The Labute approximate surface area is 112 Å². The van der Waals surface area contributed by atoms with Gasteiger partial charge in [-0.3, -0.25) is 0 Å². The molecule has 96 valence electrons. The second-order valence-corrected chi connectivity index (χ2v) is 6.80. The molecule has 0 spiro atoms. The molecule has 1 atom stereocenters. The van der Waals surface area contributed by atoms with Gasteiger partial charge in [0.2, 0.25) is 0 Å². The van der Waals surface area contributed by atoms with Crippen LogP contribution in [0.4, 0.5) is 0 Å². The van der Waals surface area contributed by atoms with Crippen LogP contribution in [0.1, 0.15) is 31.2 Å². The van der Waals surface area contributed by atoms with Crippen molar-refractivity contribution in [2.24, 2.45) is 12.8 Å². The van der Waals surface area contributed by atoms with Gasteiger partial charge < -0.3 is 10.3 Å². The molecule has 4 heteroatoms. The largest absolute Gasteiger partial charge is 0.330 e. The molecule has 2 aromatic rings. The topological polar surface area (TPSA) is 43.8 Å². The average molecular weight is 261 g/mol. The van der Waals surface area contributed by atoms with Crippen LogP contribution in [-0.2, 0) is 18.3 Å². The van der Waals surface area contributed by atoms with E-state index in [1.807, 2.05) is 11.8 Å². The molecule has 0 saturated carbocycles. The standard InChI is InChI=1S/C14H19N3S/c1-14(6-3-7-18-14)13-16-11-8-10(9-15)4-5-12(11)17(13)2/h4-5,8H,3,6-7,9,15H2,1-2H3. The van der Waals surface area contributed by atoms with Gasteiger partial charge in [-0.15, -0.1) is 11.8 Å². The molecule has 1 aliphatic heterocycles. The van der Waals surface area contributed by atoms with Crippen LogP contribution >= 0.6 is 11.8 Å². The van der Waals surface area contributed by atoms with Gasteiger partial charge in [0.15, 0.2) is 0 Å². The summed E-state index contributed by atoms with van der Waals surface area (Å²) in [6.45, 7) is 2.89. The van der Waals surface area contributed by atoms with E-state index >= 15 is 0 Å². The molecule has 3 rings (SSSR count). The first-order chi connectivity index (χ1) is 8.64. The summed E-state index contributed by atoms with van der Waals surface area (Å²) >= 11 is 2.03. The Hall–Kier alpha value is -1.00. The van der Waals surface area contributed by atoms with Crippen molar-refractivity contribution in [3.8, 4) is 0 Å². The van der Waals surface area contributed by atoms with Gasteiger partial charge in [-0.05, 0) is 43.2 Å². The lowest BCUT2D eigenvalue weighted by Gasteiger charge is -2.21. The summed E-state index contributed by atoms with van der Waals surface area (Å²) in [6, 6.07) is 6.34. The lowest BCUT2D eigenvalue weighted by molar-refractivity contribution is 0.584. The maximum Gasteiger partial charge on any atom is 0.125 e. The highest BCUT2D eigenvalue weighted by atomic mass is 32.2. The van der Waals surface area contributed by atoms with Gasteiger partial charge in [-0.1, -0.05) is 6.07 Å². The normalized spacial score (nSPS) is 23.9. The molecular formula is C14H19N3S. The zero-order valence-corrected chi connectivity index (χ0v) is 11.8. The molecule has 2 N–H and O–H groups in total. The van der Waals surface area contributed by atoms with Crippen LogP contribution in [0, 0.1) is 0 Å². The van der Waals surface area contributed by atoms with Crippen molar-refractivity contribution in [1.29, 1.82) is 0 Å². The molecule has 1 aliphatic rings. The highest BCUT2D eigenvalue weighted by Gasteiger charge is 2.35. The van der Waals surface area contributed by atoms with Crippen molar-refractivity contribution in [3.05, 3.63) is 29.6 Å². The fourth-order valence-electron chi connectivity index (χ4n) is 2.80. The Morgan fingerprint density at radius 1 is 1.50 bits per heavy atom. The van der Waals surface area contributed by atoms with Crippen molar-refractivity contribution in [2.75, 3.05) is 5.75 Å². The second-order valence-electron chi connectivity index (χ2n) is 5.20. The number of nitrogens with two attached hydrogens (primary N) is 1. The third-order valence-electron chi connectivity index (χ3n) is 3.87. The van der Waals surface area contributed by atoms with Crippen molar-refractivity contribution >= 4 is 22.8 Å². The van der Waals surface area contributed by atoms with Crippen LogP contribution in [0.5, 0.6) is 0 Å². The number of aromatic nitrogens is 2. The number of benzene rings is 1. The molecule has 0 bridgehead atoms. The van der Waals surface area contributed by atoms with E-state index < -0.39 is 0 Å². The first-order valence-electron chi connectivity index (χ1n) is 6.44. The highest BCUT2D eigenvalue weighted by Crippen LogP contribution is 2.46. The van der Waals surface area contributed by atoms with Crippen LogP contribution in [0.2, 0.25) is 0 Å². The summed E-state index contributed by atoms with van der Waals surface area (Å²) < 4.78 is 2.42. The molecule has 0 radical (unpaired) electrons. The number of imidazole rings is 1. The molecule has 0 aliphatic carbocycles. The molecule has 18 heavy (non-hydrogen) atoms. The quantitative estimate of drug-likeness (QED) is 0.904. The average Bonchev–Trinajstić information content (AvgIpc) is 2.95. The van der Waals surface area contributed by atoms with Crippen molar-refractivity contribution in [2.45, 2.75) is 31.1 Å². The Morgan fingerprint density at radius 3 is 3.00 bits per heavy atom. The summed E-state index contributed by atoms with van der Waals surface area (Å²) in [4.78, 5) is 4.86. The molecule has 3 nitrogen and oxygen atoms in total. The summed E-state index contributed by atoms with van der Waals surface area (Å²) in [7, 11) is 2.12. The Bertz CT molecular complexity index is 582. The van der Waals surface area contributed by atoms with Crippen molar-refractivity contribution in [3.63, 3.8) is 0 Å². The van der Waals surface area contributed by atoms with Crippen LogP contribution < -0.4 is 5.73 Å². The lowest BCUT2D eigenvalue weighted by atomic mass is 10.1. The molecule has 1 fully saturated rings. The molecule has 2 heterocycles. The van der Waals surface area contributed by atoms with E-state index in [4.69, 9.17) is 10.7 Å². The fraction of sp³-hybridized carbons (Fsp3) is 0.500. The van der Waals surface area contributed by atoms with Crippen molar-refractivity contribution < 1.29 is 0 Å².